The Morgan fingerprint density at radius 1 is 1.10 bits per heavy atom. The van der Waals surface area contributed by atoms with Gasteiger partial charge in [0.05, 0.1) is 5.69 Å². The molecule has 1 rings (SSSR count). The van der Waals surface area contributed by atoms with Crippen molar-refractivity contribution >= 4 is 27.5 Å². The molecule has 0 atom stereocenters. The zero-order valence-corrected chi connectivity index (χ0v) is 14.3. The van der Waals surface area contributed by atoms with Gasteiger partial charge in [-0.15, -0.1) is 0 Å². The minimum Gasteiger partial charge on any atom is -0.325 e. The Bertz CT molecular complexity index is 417. The quantitative estimate of drug-likeness (QED) is 0.563. The summed E-state index contributed by atoms with van der Waals surface area (Å²) >= 11 is 3.51. The van der Waals surface area contributed by atoms with Gasteiger partial charge in [-0.3, -0.25) is 4.79 Å². The molecular formula is C17H26BrNO. The van der Waals surface area contributed by atoms with Crippen molar-refractivity contribution < 1.29 is 4.79 Å². The maximum absolute atomic E-state index is 11.9. The molecule has 0 spiro atoms. The third-order valence-corrected chi connectivity index (χ3v) is 4.53. The third-order valence-electron chi connectivity index (χ3n) is 3.47. The van der Waals surface area contributed by atoms with Gasteiger partial charge in [0.2, 0.25) is 5.91 Å². The van der Waals surface area contributed by atoms with Crippen molar-refractivity contribution in [3.63, 3.8) is 0 Å². The molecule has 0 saturated carbocycles. The topological polar surface area (TPSA) is 29.1 Å². The lowest BCUT2D eigenvalue weighted by atomic mass is 10.1. The van der Waals surface area contributed by atoms with Crippen molar-refractivity contribution in [2.75, 3.05) is 5.32 Å². The number of benzene rings is 1. The van der Waals surface area contributed by atoms with E-state index in [0.29, 0.717) is 6.42 Å². The van der Waals surface area contributed by atoms with Crippen LogP contribution < -0.4 is 5.32 Å². The molecule has 3 heteroatoms. The molecule has 1 amide bonds. The fourth-order valence-electron chi connectivity index (χ4n) is 2.20. The molecule has 0 unspecified atom stereocenters. The molecule has 0 fully saturated rings. The Hall–Kier alpha value is -0.830. The maximum atomic E-state index is 11.9. The first kappa shape index (κ1) is 17.2. The summed E-state index contributed by atoms with van der Waals surface area (Å²) in [4.78, 5) is 11.9. The fraction of sp³-hybridized carbons (Fsp3) is 0.588. The predicted octanol–water partition coefficient (Wildman–Crippen LogP) is 5.84. The van der Waals surface area contributed by atoms with E-state index in [-0.39, 0.29) is 5.91 Å². The van der Waals surface area contributed by atoms with Gasteiger partial charge in [-0.25, -0.2) is 0 Å². The second-order valence-corrected chi connectivity index (χ2v) is 6.15. The standard InChI is InChI=1S/C17H26BrNO/c1-3-4-5-6-7-8-9-13-16(20)19-15-12-10-11-14(2)17(15)18/h10-12H,3-9,13H2,1-2H3,(H,19,20). The number of nitrogens with one attached hydrogen (secondary N) is 1. The Morgan fingerprint density at radius 3 is 2.45 bits per heavy atom. The normalized spacial score (nSPS) is 10.6. The van der Waals surface area contributed by atoms with Crippen LogP contribution in [-0.2, 0) is 4.79 Å². The van der Waals surface area contributed by atoms with Crippen LogP contribution in [0.3, 0.4) is 0 Å². The molecule has 0 bridgehead atoms. The molecule has 1 N–H and O–H groups in total. The van der Waals surface area contributed by atoms with Gasteiger partial charge in [0.25, 0.3) is 0 Å². The summed E-state index contributed by atoms with van der Waals surface area (Å²) in [7, 11) is 0. The number of hydrogen-bond donors (Lipinski definition) is 1. The minimum absolute atomic E-state index is 0.116. The Labute approximate surface area is 131 Å². The summed E-state index contributed by atoms with van der Waals surface area (Å²) in [6, 6.07) is 5.92. The van der Waals surface area contributed by atoms with Crippen LogP contribution in [0, 0.1) is 6.92 Å². The smallest absolute Gasteiger partial charge is 0.224 e. The van der Waals surface area contributed by atoms with Gasteiger partial charge in [-0.2, -0.15) is 0 Å². The second-order valence-electron chi connectivity index (χ2n) is 5.36. The lowest BCUT2D eigenvalue weighted by molar-refractivity contribution is -0.116. The molecule has 112 valence electrons. The summed E-state index contributed by atoms with van der Waals surface area (Å²) in [6.45, 7) is 4.25. The van der Waals surface area contributed by atoms with E-state index in [1.54, 1.807) is 0 Å². The van der Waals surface area contributed by atoms with Crippen LogP contribution in [0.2, 0.25) is 0 Å². The second kappa shape index (κ2) is 9.98. The average molecular weight is 340 g/mol. The van der Waals surface area contributed by atoms with E-state index in [0.717, 1.165) is 28.6 Å². The van der Waals surface area contributed by atoms with Gasteiger partial charge >= 0.3 is 0 Å². The first-order valence-electron chi connectivity index (χ1n) is 7.70. The lowest BCUT2D eigenvalue weighted by Crippen LogP contribution is -2.11. The zero-order chi connectivity index (χ0) is 14.8. The van der Waals surface area contributed by atoms with Gasteiger partial charge in [-0.1, -0.05) is 57.6 Å². The molecule has 1 aromatic rings. The van der Waals surface area contributed by atoms with Crippen molar-refractivity contribution in [2.45, 2.75) is 65.2 Å². The number of anilines is 1. The Kier molecular flexibility index (Phi) is 8.59. The number of halogens is 1. The van der Waals surface area contributed by atoms with Gasteiger partial charge in [0, 0.05) is 10.9 Å². The molecule has 0 radical (unpaired) electrons. The van der Waals surface area contributed by atoms with Gasteiger partial charge in [0.1, 0.15) is 0 Å². The number of rotatable bonds is 9. The summed E-state index contributed by atoms with van der Waals surface area (Å²) in [5.74, 6) is 0.116. The summed E-state index contributed by atoms with van der Waals surface area (Å²) in [5, 5.41) is 2.98. The van der Waals surface area contributed by atoms with Gasteiger partial charge < -0.3 is 5.32 Å². The number of carbonyl (C=O) groups is 1. The summed E-state index contributed by atoms with van der Waals surface area (Å²) in [6.07, 6.45) is 9.27. The van der Waals surface area contributed by atoms with Crippen LogP contribution in [0.15, 0.2) is 22.7 Å². The van der Waals surface area contributed by atoms with E-state index in [1.807, 2.05) is 25.1 Å². The van der Waals surface area contributed by atoms with Crippen LogP contribution in [0.1, 0.15) is 63.9 Å². The largest absolute Gasteiger partial charge is 0.325 e. The van der Waals surface area contributed by atoms with Crippen molar-refractivity contribution in [1.29, 1.82) is 0 Å². The van der Waals surface area contributed by atoms with Crippen molar-refractivity contribution in [2.24, 2.45) is 0 Å². The van der Waals surface area contributed by atoms with E-state index < -0.39 is 0 Å². The SMILES string of the molecule is CCCCCCCCCC(=O)Nc1cccc(C)c1Br. The molecule has 0 aliphatic heterocycles. The highest BCUT2D eigenvalue weighted by molar-refractivity contribution is 9.10. The Morgan fingerprint density at radius 2 is 1.75 bits per heavy atom. The zero-order valence-electron chi connectivity index (χ0n) is 12.7. The lowest BCUT2D eigenvalue weighted by Gasteiger charge is -2.09. The molecule has 0 aromatic heterocycles. The van der Waals surface area contributed by atoms with E-state index in [2.05, 4.69) is 28.2 Å². The molecule has 0 aliphatic rings. The number of amides is 1. The molecule has 2 nitrogen and oxygen atoms in total. The number of unbranched alkanes of at least 4 members (excludes halogenated alkanes) is 6. The molecule has 1 aromatic carbocycles. The van der Waals surface area contributed by atoms with Gasteiger partial charge in [-0.05, 0) is 40.9 Å². The van der Waals surface area contributed by atoms with Crippen LogP contribution in [0.5, 0.6) is 0 Å². The molecular weight excluding hydrogens is 314 g/mol. The highest BCUT2D eigenvalue weighted by Gasteiger charge is 2.06. The van der Waals surface area contributed by atoms with Crippen LogP contribution in [-0.4, -0.2) is 5.91 Å². The van der Waals surface area contributed by atoms with Gasteiger partial charge in [0.15, 0.2) is 0 Å². The van der Waals surface area contributed by atoms with Crippen LogP contribution in [0.4, 0.5) is 5.69 Å². The van der Waals surface area contributed by atoms with E-state index in [1.165, 1.54) is 32.1 Å². The number of aryl methyl sites for hydroxylation is 1. The monoisotopic (exact) mass is 339 g/mol. The first-order chi connectivity index (χ1) is 9.65. The molecule has 20 heavy (non-hydrogen) atoms. The van der Waals surface area contributed by atoms with E-state index in [9.17, 15) is 4.79 Å². The summed E-state index contributed by atoms with van der Waals surface area (Å²) < 4.78 is 0.980. The van der Waals surface area contributed by atoms with E-state index in [4.69, 9.17) is 0 Å². The van der Waals surface area contributed by atoms with Crippen molar-refractivity contribution in [3.05, 3.63) is 28.2 Å². The highest BCUT2D eigenvalue weighted by Crippen LogP contribution is 2.25. The van der Waals surface area contributed by atoms with Crippen LogP contribution in [0.25, 0.3) is 0 Å². The van der Waals surface area contributed by atoms with E-state index >= 15 is 0 Å². The van der Waals surface area contributed by atoms with Crippen molar-refractivity contribution in [3.8, 4) is 0 Å². The summed E-state index contributed by atoms with van der Waals surface area (Å²) in [5.41, 5.74) is 2.01. The minimum atomic E-state index is 0.116. The maximum Gasteiger partial charge on any atom is 0.224 e. The average Bonchev–Trinajstić information content (AvgIpc) is 2.43. The van der Waals surface area contributed by atoms with Crippen molar-refractivity contribution in [1.82, 2.24) is 0 Å². The Balaban J connectivity index is 2.19. The molecule has 0 aliphatic carbocycles. The third kappa shape index (κ3) is 6.56. The highest BCUT2D eigenvalue weighted by atomic mass is 79.9. The predicted molar refractivity (Wildman–Crippen MR) is 90.1 cm³/mol. The molecule has 0 heterocycles. The molecule has 0 saturated heterocycles. The van der Waals surface area contributed by atoms with Crippen LogP contribution >= 0.6 is 15.9 Å². The number of carbonyl (C=O) groups excluding carboxylic acids is 1. The number of hydrogen-bond acceptors (Lipinski definition) is 1. The first-order valence-corrected chi connectivity index (χ1v) is 8.49. The fourth-order valence-corrected chi connectivity index (χ4v) is 2.56.